The summed E-state index contributed by atoms with van der Waals surface area (Å²) < 4.78 is 3.08. The largest absolute Gasteiger partial charge is 0.322 e. The minimum atomic E-state index is -0.488. The monoisotopic (exact) mass is 483 g/mol. The Labute approximate surface area is 199 Å². The number of nitrogens with one attached hydrogen (secondary N) is 1. The topological polar surface area (TPSA) is 56.0 Å². The number of thioether (sulfide) groups is 1. The Morgan fingerprint density at radius 3 is 2.38 bits per heavy atom. The zero-order chi connectivity index (χ0) is 22.7. The van der Waals surface area contributed by atoms with E-state index in [1.165, 1.54) is 4.68 Å². The smallest absolute Gasteiger partial charge is 0.284 e. The summed E-state index contributed by atoms with van der Waals surface area (Å²) in [4.78, 5) is 27.4. The molecule has 0 aliphatic carbocycles. The number of hydrogen-bond acceptors (Lipinski definition) is 3. The van der Waals surface area contributed by atoms with Crippen molar-refractivity contribution < 1.29 is 4.79 Å². The molecule has 0 atom stereocenters. The van der Waals surface area contributed by atoms with Gasteiger partial charge in [0.25, 0.3) is 11.5 Å². The van der Waals surface area contributed by atoms with Crippen LogP contribution in [0.2, 0.25) is 10.0 Å². The minimum absolute atomic E-state index is 0.0147. The maximum atomic E-state index is 13.3. The van der Waals surface area contributed by atoms with Gasteiger partial charge in [0.05, 0.1) is 17.3 Å². The summed E-state index contributed by atoms with van der Waals surface area (Å²) >= 11 is 14.0. The van der Waals surface area contributed by atoms with Crippen LogP contribution in [0.3, 0.4) is 0 Å². The van der Waals surface area contributed by atoms with E-state index >= 15 is 0 Å². The van der Waals surface area contributed by atoms with Crippen molar-refractivity contribution in [3.8, 4) is 5.69 Å². The molecular weight excluding hydrogens is 465 g/mol. The standard InChI is InChI=1S/C24H19Cl2N3O2S/c1-32-19-10-8-18(9-11-19)27-23(30)20-15-28(14-16-5-3-2-4-6-16)29(24(20)31)22-12-7-17(25)13-21(22)26/h2-13,15H,14H2,1H3,(H,27,30). The first-order valence-corrected chi connectivity index (χ1v) is 11.7. The van der Waals surface area contributed by atoms with Crippen molar-refractivity contribution in [3.63, 3.8) is 0 Å². The van der Waals surface area contributed by atoms with Gasteiger partial charge in [-0.3, -0.25) is 14.3 Å². The highest BCUT2D eigenvalue weighted by atomic mass is 35.5. The van der Waals surface area contributed by atoms with E-state index in [1.807, 2.05) is 48.7 Å². The fourth-order valence-electron chi connectivity index (χ4n) is 3.31. The summed E-state index contributed by atoms with van der Waals surface area (Å²) in [5.74, 6) is -0.488. The summed E-state index contributed by atoms with van der Waals surface area (Å²) in [5.41, 5.74) is 1.57. The number of benzene rings is 3. The molecule has 8 heteroatoms. The van der Waals surface area contributed by atoms with Crippen LogP contribution in [-0.2, 0) is 6.54 Å². The second-order valence-corrected chi connectivity index (χ2v) is 8.74. The van der Waals surface area contributed by atoms with Gasteiger partial charge in [0.1, 0.15) is 5.56 Å². The van der Waals surface area contributed by atoms with Crippen molar-refractivity contribution in [2.24, 2.45) is 0 Å². The number of amides is 1. The second kappa shape index (κ2) is 9.69. The van der Waals surface area contributed by atoms with Crippen molar-refractivity contribution in [3.05, 3.63) is 111 Å². The molecule has 0 aliphatic rings. The predicted octanol–water partition coefficient (Wildman–Crippen LogP) is 5.97. The molecule has 1 heterocycles. The lowest BCUT2D eigenvalue weighted by Gasteiger charge is -2.13. The average Bonchev–Trinajstić information content (AvgIpc) is 3.11. The molecule has 0 spiro atoms. The second-order valence-electron chi connectivity index (χ2n) is 7.02. The van der Waals surface area contributed by atoms with E-state index in [0.717, 1.165) is 10.5 Å². The van der Waals surface area contributed by atoms with E-state index in [-0.39, 0.29) is 5.56 Å². The molecule has 0 bridgehead atoms. The first-order chi connectivity index (χ1) is 15.5. The fourth-order valence-corrected chi connectivity index (χ4v) is 4.21. The third-order valence-corrected chi connectivity index (χ3v) is 6.16. The van der Waals surface area contributed by atoms with Crippen molar-refractivity contribution in [1.82, 2.24) is 9.36 Å². The highest BCUT2D eigenvalue weighted by molar-refractivity contribution is 7.98. The van der Waals surface area contributed by atoms with Crippen LogP contribution < -0.4 is 10.9 Å². The van der Waals surface area contributed by atoms with E-state index < -0.39 is 11.5 Å². The van der Waals surface area contributed by atoms with Crippen LogP contribution in [0, 0.1) is 0 Å². The SMILES string of the molecule is CSc1ccc(NC(=O)c2cn(Cc3ccccc3)n(-c3ccc(Cl)cc3Cl)c2=O)cc1. The van der Waals surface area contributed by atoms with Crippen LogP contribution in [0.5, 0.6) is 0 Å². The third-order valence-electron chi connectivity index (χ3n) is 4.88. The number of anilines is 1. The predicted molar refractivity (Wildman–Crippen MR) is 132 cm³/mol. The van der Waals surface area contributed by atoms with Crippen LogP contribution in [0.4, 0.5) is 5.69 Å². The summed E-state index contributed by atoms with van der Waals surface area (Å²) in [6.07, 6.45) is 3.53. The summed E-state index contributed by atoms with van der Waals surface area (Å²) in [7, 11) is 0. The van der Waals surface area contributed by atoms with Gasteiger partial charge in [0, 0.05) is 21.8 Å². The molecule has 0 saturated heterocycles. The first-order valence-electron chi connectivity index (χ1n) is 9.73. The molecule has 4 aromatic rings. The molecule has 1 N–H and O–H groups in total. The van der Waals surface area contributed by atoms with Gasteiger partial charge in [0.15, 0.2) is 0 Å². The number of aromatic nitrogens is 2. The molecule has 0 unspecified atom stereocenters. The highest BCUT2D eigenvalue weighted by Crippen LogP contribution is 2.24. The van der Waals surface area contributed by atoms with Crippen molar-refractivity contribution in [2.45, 2.75) is 11.4 Å². The molecule has 1 aromatic heterocycles. The van der Waals surface area contributed by atoms with Crippen LogP contribution >= 0.6 is 35.0 Å². The number of halogens is 2. The maximum absolute atomic E-state index is 13.3. The van der Waals surface area contributed by atoms with Gasteiger partial charge in [-0.2, -0.15) is 0 Å². The van der Waals surface area contributed by atoms with Gasteiger partial charge >= 0.3 is 0 Å². The quantitative estimate of drug-likeness (QED) is 0.343. The molecular formula is C24H19Cl2N3O2S. The number of carbonyl (C=O) groups is 1. The Bertz CT molecular complexity index is 1320. The Morgan fingerprint density at radius 1 is 1.00 bits per heavy atom. The number of nitrogens with zero attached hydrogens (tertiary/aromatic N) is 2. The highest BCUT2D eigenvalue weighted by Gasteiger charge is 2.21. The lowest BCUT2D eigenvalue weighted by Crippen LogP contribution is -2.26. The van der Waals surface area contributed by atoms with Crippen LogP contribution in [0.25, 0.3) is 5.69 Å². The van der Waals surface area contributed by atoms with Gasteiger partial charge in [-0.05, 0) is 54.3 Å². The fraction of sp³-hybridized carbons (Fsp3) is 0.0833. The molecule has 0 saturated carbocycles. The Hall–Kier alpha value is -2.93. The third kappa shape index (κ3) is 4.78. The van der Waals surface area contributed by atoms with E-state index in [0.29, 0.717) is 28.0 Å². The number of hydrogen-bond donors (Lipinski definition) is 1. The molecule has 3 aromatic carbocycles. The normalized spacial score (nSPS) is 10.8. The molecule has 5 nitrogen and oxygen atoms in total. The molecule has 32 heavy (non-hydrogen) atoms. The van der Waals surface area contributed by atoms with E-state index in [9.17, 15) is 9.59 Å². The Morgan fingerprint density at radius 2 is 1.72 bits per heavy atom. The van der Waals surface area contributed by atoms with Crippen LogP contribution in [0.1, 0.15) is 15.9 Å². The summed E-state index contributed by atoms with van der Waals surface area (Å²) in [6, 6.07) is 22.0. The molecule has 0 radical (unpaired) electrons. The van der Waals surface area contributed by atoms with Gasteiger partial charge in [-0.15, -0.1) is 11.8 Å². The lowest BCUT2D eigenvalue weighted by molar-refractivity contribution is 0.102. The average molecular weight is 484 g/mol. The summed E-state index contributed by atoms with van der Waals surface area (Å²) in [5, 5.41) is 3.57. The number of carbonyl (C=O) groups excluding carboxylic acids is 1. The zero-order valence-electron chi connectivity index (χ0n) is 17.1. The van der Waals surface area contributed by atoms with Crippen LogP contribution in [-0.4, -0.2) is 21.5 Å². The van der Waals surface area contributed by atoms with Gasteiger partial charge in [-0.25, -0.2) is 4.68 Å². The van der Waals surface area contributed by atoms with Crippen molar-refractivity contribution in [1.29, 1.82) is 0 Å². The Kier molecular flexibility index (Phi) is 6.74. The van der Waals surface area contributed by atoms with E-state index in [2.05, 4.69) is 5.32 Å². The van der Waals surface area contributed by atoms with Gasteiger partial charge in [0.2, 0.25) is 0 Å². The van der Waals surface area contributed by atoms with E-state index in [4.69, 9.17) is 23.2 Å². The first kappa shape index (κ1) is 22.3. The van der Waals surface area contributed by atoms with Gasteiger partial charge in [-0.1, -0.05) is 53.5 Å². The molecule has 1 amide bonds. The van der Waals surface area contributed by atoms with Crippen LogP contribution in [0.15, 0.2) is 88.7 Å². The molecule has 162 valence electrons. The molecule has 0 aliphatic heterocycles. The summed E-state index contributed by atoms with van der Waals surface area (Å²) in [6.45, 7) is 0.380. The van der Waals surface area contributed by atoms with Crippen molar-refractivity contribution >= 4 is 46.6 Å². The number of rotatable bonds is 6. The minimum Gasteiger partial charge on any atom is -0.322 e. The van der Waals surface area contributed by atoms with E-state index in [1.54, 1.807) is 53.0 Å². The van der Waals surface area contributed by atoms with Gasteiger partial charge < -0.3 is 5.32 Å². The lowest BCUT2D eigenvalue weighted by atomic mass is 10.2. The maximum Gasteiger partial charge on any atom is 0.284 e. The molecule has 0 fully saturated rings. The van der Waals surface area contributed by atoms with Crippen molar-refractivity contribution in [2.75, 3.05) is 11.6 Å². The zero-order valence-corrected chi connectivity index (χ0v) is 19.4. The Balaban J connectivity index is 1.75. The molecule has 4 rings (SSSR count).